The first-order valence-electron chi connectivity index (χ1n) is 9.36. The third kappa shape index (κ3) is 5.52. The summed E-state index contributed by atoms with van der Waals surface area (Å²) in [5.41, 5.74) is 1.86. The maximum absolute atomic E-state index is 13.3. The third-order valence-corrected chi connectivity index (χ3v) is 5.15. The van der Waals surface area contributed by atoms with Crippen LogP contribution in [0.15, 0.2) is 53.9 Å². The lowest BCUT2D eigenvalue weighted by molar-refractivity contribution is -0.384. The molecule has 160 valence electrons. The second-order valence-electron chi connectivity index (χ2n) is 6.96. The molecule has 0 radical (unpaired) electrons. The van der Waals surface area contributed by atoms with Crippen molar-refractivity contribution in [1.29, 1.82) is 0 Å². The first kappa shape index (κ1) is 22.1. The number of hydrogen-bond donors (Lipinski definition) is 1. The highest BCUT2D eigenvalue weighted by Crippen LogP contribution is 2.36. The molecule has 0 unspecified atom stereocenters. The van der Waals surface area contributed by atoms with Crippen molar-refractivity contribution in [2.75, 3.05) is 5.32 Å². The quantitative estimate of drug-likeness (QED) is 0.308. The largest absolute Gasteiger partial charge is 0.459 e. The van der Waals surface area contributed by atoms with Crippen LogP contribution < -0.4 is 5.32 Å². The topological polar surface area (TPSA) is 98.5 Å². The summed E-state index contributed by atoms with van der Waals surface area (Å²) in [7, 11) is 0. The molecular weight excluding hydrogens is 423 g/mol. The van der Waals surface area contributed by atoms with Gasteiger partial charge >= 0.3 is 5.97 Å². The highest BCUT2D eigenvalue weighted by atomic mass is 32.1. The van der Waals surface area contributed by atoms with E-state index in [1.54, 1.807) is 31.4 Å². The van der Waals surface area contributed by atoms with Gasteiger partial charge in [0.2, 0.25) is 5.91 Å². The van der Waals surface area contributed by atoms with E-state index in [1.165, 1.54) is 36.4 Å². The molecule has 9 heteroatoms. The molecule has 0 aliphatic rings. The highest BCUT2D eigenvalue weighted by Gasteiger charge is 2.24. The number of nitrogens with one attached hydrogen (secondary N) is 1. The number of nitro groups is 1. The van der Waals surface area contributed by atoms with E-state index in [2.05, 4.69) is 5.32 Å². The number of esters is 1. The first-order chi connectivity index (χ1) is 14.7. The predicted octanol–water partition coefficient (Wildman–Crippen LogP) is 5.21. The fourth-order valence-corrected chi connectivity index (χ4v) is 3.83. The number of rotatable bonds is 7. The molecule has 0 fully saturated rings. The van der Waals surface area contributed by atoms with Crippen LogP contribution in [0.2, 0.25) is 0 Å². The Morgan fingerprint density at radius 1 is 1.13 bits per heavy atom. The van der Waals surface area contributed by atoms with E-state index in [9.17, 15) is 24.1 Å². The van der Waals surface area contributed by atoms with Gasteiger partial charge in [0.15, 0.2) is 0 Å². The Hall–Kier alpha value is -3.59. The molecule has 0 bridgehead atoms. The number of carbonyl (C=O) groups is 2. The van der Waals surface area contributed by atoms with Gasteiger partial charge in [-0.1, -0.05) is 24.3 Å². The van der Waals surface area contributed by atoms with E-state index in [-0.39, 0.29) is 29.7 Å². The third-order valence-electron chi connectivity index (χ3n) is 4.26. The lowest BCUT2D eigenvalue weighted by Gasteiger charge is -2.12. The van der Waals surface area contributed by atoms with Crippen molar-refractivity contribution >= 4 is 33.9 Å². The summed E-state index contributed by atoms with van der Waals surface area (Å²) in [6.45, 7) is 3.43. The average Bonchev–Trinajstić information content (AvgIpc) is 3.11. The van der Waals surface area contributed by atoms with Crippen LogP contribution in [0.1, 0.15) is 29.8 Å². The van der Waals surface area contributed by atoms with E-state index in [0.717, 1.165) is 11.3 Å². The zero-order valence-corrected chi connectivity index (χ0v) is 17.6. The Morgan fingerprint density at radius 3 is 2.35 bits per heavy atom. The number of hydrogen-bond acceptors (Lipinski definition) is 6. The van der Waals surface area contributed by atoms with Crippen LogP contribution in [0.3, 0.4) is 0 Å². The van der Waals surface area contributed by atoms with Crippen LogP contribution in [0.25, 0.3) is 11.1 Å². The Morgan fingerprint density at radius 2 is 1.77 bits per heavy atom. The molecule has 1 aromatic heterocycles. The van der Waals surface area contributed by atoms with Gasteiger partial charge in [-0.2, -0.15) is 0 Å². The van der Waals surface area contributed by atoms with Gasteiger partial charge in [-0.05, 0) is 37.1 Å². The van der Waals surface area contributed by atoms with Crippen LogP contribution in [0, 0.1) is 15.9 Å². The number of anilines is 1. The second-order valence-corrected chi connectivity index (χ2v) is 7.84. The number of non-ortho nitro benzene ring substituents is 1. The summed E-state index contributed by atoms with van der Waals surface area (Å²) in [4.78, 5) is 35.5. The number of thiophene rings is 1. The molecule has 0 spiro atoms. The number of ether oxygens (including phenoxy) is 1. The number of amides is 1. The fraction of sp³-hybridized carbons (Fsp3) is 0.182. The van der Waals surface area contributed by atoms with E-state index < -0.39 is 16.7 Å². The lowest BCUT2D eigenvalue weighted by atomic mass is 10.0. The number of halogens is 1. The number of benzene rings is 2. The monoisotopic (exact) mass is 442 g/mol. The summed E-state index contributed by atoms with van der Waals surface area (Å²) in [5.74, 6) is -1.39. The maximum Gasteiger partial charge on any atom is 0.342 e. The van der Waals surface area contributed by atoms with Crippen LogP contribution in [-0.2, 0) is 16.0 Å². The van der Waals surface area contributed by atoms with Crippen LogP contribution in [0.5, 0.6) is 0 Å². The molecular formula is C22H19FN2O5S. The molecule has 3 aromatic rings. The van der Waals surface area contributed by atoms with Gasteiger partial charge in [-0.25, -0.2) is 9.18 Å². The summed E-state index contributed by atoms with van der Waals surface area (Å²) in [6.07, 6.45) is -0.391. The van der Waals surface area contributed by atoms with Gasteiger partial charge in [0, 0.05) is 23.1 Å². The van der Waals surface area contributed by atoms with Crippen molar-refractivity contribution in [2.24, 2.45) is 0 Å². The fourth-order valence-electron chi connectivity index (χ4n) is 2.86. The molecule has 1 N–H and O–H groups in total. The minimum Gasteiger partial charge on any atom is -0.459 e. The Balaban J connectivity index is 1.85. The summed E-state index contributed by atoms with van der Waals surface area (Å²) in [6, 6.07) is 11.3. The van der Waals surface area contributed by atoms with Crippen molar-refractivity contribution in [2.45, 2.75) is 26.4 Å². The van der Waals surface area contributed by atoms with Crippen molar-refractivity contribution in [1.82, 2.24) is 0 Å². The van der Waals surface area contributed by atoms with Gasteiger partial charge in [0.25, 0.3) is 5.69 Å². The van der Waals surface area contributed by atoms with Crippen molar-refractivity contribution < 1.29 is 23.6 Å². The Kier molecular flexibility index (Phi) is 6.76. The molecule has 0 atom stereocenters. The molecule has 7 nitrogen and oxygen atoms in total. The molecule has 2 aromatic carbocycles. The molecule has 1 amide bonds. The average molecular weight is 442 g/mol. The van der Waals surface area contributed by atoms with E-state index in [1.807, 2.05) is 0 Å². The minimum absolute atomic E-state index is 0.0273. The normalized spacial score (nSPS) is 10.7. The first-order valence-corrected chi connectivity index (χ1v) is 10.2. The number of nitrogens with zero attached hydrogens (tertiary/aromatic N) is 1. The molecule has 0 saturated heterocycles. The lowest BCUT2D eigenvalue weighted by Crippen LogP contribution is -2.18. The summed E-state index contributed by atoms with van der Waals surface area (Å²) >= 11 is 1.16. The summed E-state index contributed by atoms with van der Waals surface area (Å²) in [5, 5.41) is 15.5. The molecule has 0 aliphatic heterocycles. The predicted molar refractivity (Wildman–Crippen MR) is 116 cm³/mol. The van der Waals surface area contributed by atoms with Gasteiger partial charge < -0.3 is 10.1 Å². The smallest absolute Gasteiger partial charge is 0.342 e. The summed E-state index contributed by atoms with van der Waals surface area (Å²) < 4.78 is 18.6. The standard InChI is InChI=1S/C22H19FN2O5S/c1-13(2)30-22(27)20-18(15-5-7-16(23)8-6-15)12-31-21(20)24-19(26)11-14-3-9-17(10-4-14)25(28)29/h3-10,12-13H,11H2,1-2H3,(H,24,26). The van der Waals surface area contributed by atoms with E-state index >= 15 is 0 Å². The maximum atomic E-state index is 13.3. The molecule has 3 rings (SSSR count). The van der Waals surface area contributed by atoms with Crippen molar-refractivity contribution in [3.8, 4) is 11.1 Å². The van der Waals surface area contributed by atoms with Gasteiger partial charge in [0.1, 0.15) is 16.4 Å². The Bertz CT molecular complexity index is 1110. The molecule has 0 saturated carbocycles. The number of nitro benzene ring substituents is 1. The minimum atomic E-state index is -0.596. The van der Waals surface area contributed by atoms with Gasteiger partial charge in [-0.3, -0.25) is 14.9 Å². The van der Waals surface area contributed by atoms with Crippen molar-refractivity contribution in [3.63, 3.8) is 0 Å². The zero-order chi connectivity index (χ0) is 22.5. The van der Waals surface area contributed by atoms with Crippen LogP contribution in [-0.4, -0.2) is 22.9 Å². The molecule has 1 heterocycles. The molecule has 31 heavy (non-hydrogen) atoms. The van der Waals surface area contributed by atoms with E-state index in [0.29, 0.717) is 21.7 Å². The van der Waals surface area contributed by atoms with E-state index in [4.69, 9.17) is 4.74 Å². The van der Waals surface area contributed by atoms with Crippen LogP contribution in [0.4, 0.5) is 15.1 Å². The van der Waals surface area contributed by atoms with Crippen molar-refractivity contribution in [3.05, 3.63) is 81.0 Å². The van der Waals surface area contributed by atoms with Crippen LogP contribution >= 0.6 is 11.3 Å². The van der Waals surface area contributed by atoms with Gasteiger partial charge in [-0.15, -0.1) is 11.3 Å². The number of carbonyl (C=O) groups excluding carboxylic acids is 2. The highest BCUT2D eigenvalue weighted by molar-refractivity contribution is 7.15. The Labute approximate surface area is 181 Å². The zero-order valence-electron chi connectivity index (χ0n) is 16.8. The SMILES string of the molecule is CC(C)OC(=O)c1c(-c2ccc(F)cc2)csc1NC(=O)Cc1ccc([N+](=O)[O-])cc1. The molecule has 0 aliphatic carbocycles. The second kappa shape index (κ2) is 9.48. The van der Waals surface area contributed by atoms with Gasteiger partial charge in [0.05, 0.1) is 17.4 Å².